The largest absolute Gasteiger partial charge is 0.378 e. The molecule has 1 atom stereocenters. The highest BCUT2D eigenvalue weighted by Gasteiger charge is 2.22. The Hall–Kier alpha value is -0.410. The molecule has 0 bridgehead atoms. The second-order valence-electron chi connectivity index (χ2n) is 2.24. The third kappa shape index (κ3) is 1.78. The van der Waals surface area contributed by atoms with Gasteiger partial charge in [0.2, 0.25) is 0 Å². The lowest BCUT2D eigenvalue weighted by Crippen LogP contribution is -2.34. The molecule has 0 radical (unpaired) electrons. The van der Waals surface area contributed by atoms with Crippen LogP contribution < -0.4 is 0 Å². The highest BCUT2D eigenvalue weighted by atomic mass is 16.5. The predicted molar refractivity (Wildman–Crippen MR) is 35.9 cm³/mol. The fourth-order valence-corrected chi connectivity index (χ4v) is 0.959. The molecule has 0 unspecified atom stereocenters. The minimum Gasteiger partial charge on any atom is -0.378 e. The average molecular weight is 144 g/mol. The van der Waals surface area contributed by atoms with Gasteiger partial charge in [-0.25, -0.2) is 0 Å². The van der Waals surface area contributed by atoms with Gasteiger partial charge < -0.3 is 9.47 Å². The van der Waals surface area contributed by atoms with Crippen LogP contribution in [0.2, 0.25) is 0 Å². The third-order valence-corrected chi connectivity index (χ3v) is 1.49. The van der Waals surface area contributed by atoms with Crippen LogP contribution in [0.4, 0.5) is 0 Å². The summed E-state index contributed by atoms with van der Waals surface area (Å²) in [5, 5.41) is 0. The monoisotopic (exact) mass is 144 g/mol. The van der Waals surface area contributed by atoms with Crippen molar-refractivity contribution in [2.75, 3.05) is 19.8 Å². The molecule has 1 aliphatic heterocycles. The van der Waals surface area contributed by atoms with E-state index in [9.17, 15) is 4.79 Å². The van der Waals surface area contributed by atoms with E-state index in [4.69, 9.17) is 9.47 Å². The number of Topliss-reactive ketones (excluding diaryl/α,β-unsaturated/α-hetero) is 1. The van der Waals surface area contributed by atoms with Gasteiger partial charge in [-0.3, -0.25) is 4.79 Å². The molecule has 1 heterocycles. The number of hydrogen-bond donors (Lipinski definition) is 0. The molecular formula is C7H12O3. The lowest BCUT2D eigenvalue weighted by molar-refractivity contribution is -0.141. The van der Waals surface area contributed by atoms with Gasteiger partial charge in [-0.05, 0) is 6.92 Å². The number of carbonyl (C=O) groups is 1. The molecule has 0 aromatic carbocycles. The molecule has 0 spiro atoms. The predicted octanol–water partition coefficient (Wildman–Crippen LogP) is 0.381. The summed E-state index contributed by atoms with van der Waals surface area (Å²) in [7, 11) is 0. The first-order valence-corrected chi connectivity index (χ1v) is 3.56. The van der Waals surface area contributed by atoms with Gasteiger partial charge in [0.1, 0.15) is 6.10 Å². The van der Waals surface area contributed by atoms with Crippen LogP contribution in [-0.2, 0) is 14.3 Å². The van der Waals surface area contributed by atoms with Gasteiger partial charge in [0.25, 0.3) is 0 Å². The van der Waals surface area contributed by atoms with Crippen molar-refractivity contribution in [3.63, 3.8) is 0 Å². The van der Waals surface area contributed by atoms with Crippen molar-refractivity contribution in [3.05, 3.63) is 0 Å². The van der Waals surface area contributed by atoms with E-state index in [0.717, 1.165) is 0 Å². The highest BCUT2D eigenvalue weighted by Crippen LogP contribution is 2.05. The number of carbonyl (C=O) groups excluding carboxylic acids is 1. The van der Waals surface area contributed by atoms with Crippen molar-refractivity contribution >= 4 is 5.78 Å². The maximum absolute atomic E-state index is 11.0. The molecule has 0 aromatic rings. The quantitative estimate of drug-likeness (QED) is 0.562. The van der Waals surface area contributed by atoms with E-state index in [-0.39, 0.29) is 11.9 Å². The van der Waals surface area contributed by atoms with E-state index < -0.39 is 0 Å². The van der Waals surface area contributed by atoms with Gasteiger partial charge in [0.05, 0.1) is 13.2 Å². The van der Waals surface area contributed by atoms with Gasteiger partial charge in [-0.2, -0.15) is 0 Å². The zero-order chi connectivity index (χ0) is 7.40. The van der Waals surface area contributed by atoms with Crippen LogP contribution >= 0.6 is 0 Å². The Morgan fingerprint density at radius 3 is 3.20 bits per heavy atom. The summed E-state index contributed by atoms with van der Waals surface area (Å²) in [6, 6.07) is 0. The minimum absolute atomic E-state index is 0.174. The van der Waals surface area contributed by atoms with Crippen LogP contribution in [0.3, 0.4) is 0 Å². The van der Waals surface area contributed by atoms with Crippen LogP contribution in [0, 0.1) is 0 Å². The molecule has 3 heteroatoms. The van der Waals surface area contributed by atoms with Crippen molar-refractivity contribution in [1.82, 2.24) is 0 Å². The molecule has 0 aromatic heterocycles. The first kappa shape index (κ1) is 7.69. The van der Waals surface area contributed by atoms with Gasteiger partial charge >= 0.3 is 0 Å². The second-order valence-corrected chi connectivity index (χ2v) is 2.24. The summed E-state index contributed by atoms with van der Waals surface area (Å²) in [6.07, 6.45) is 0.212. The molecule has 3 nitrogen and oxygen atoms in total. The van der Waals surface area contributed by atoms with Crippen LogP contribution in [0.25, 0.3) is 0 Å². The Kier molecular flexibility index (Phi) is 2.83. The molecule has 1 rings (SSSR count). The fraction of sp³-hybridized carbons (Fsp3) is 0.857. The lowest BCUT2D eigenvalue weighted by atomic mass is 10.1. The van der Waals surface area contributed by atoms with Crippen LogP contribution in [0.15, 0.2) is 0 Å². The Labute approximate surface area is 60.3 Å². The van der Waals surface area contributed by atoms with Crippen LogP contribution in [0.5, 0.6) is 0 Å². The van der Waals surface area contributed by atoms with E-state index in [2.05, 4.69) is 0 Å². The summed E-state index contributed by atoms with van der Waals surface area (Å²) < 4.78 is 10.2. The first-order chi connectivity index (χ1) is 4.84. The SMILES string of the molecule is CCO[C@@H]1COCCC1=O. The van der Waals surface area contributed by atoms with Gasteiger partial charge in [-0.1, -0.05) is 0 Å². The van der Waals surface area contributed by atoms with Crippen molar-refractivity contribution < 1.29 is 14.3 Å². The zero-order valence-corrected chi connectivity index (χ0v) is 6.13. The highest BCUT2D eigenvalue weighted by molar-refractivity contribution is 5.83. The summed E-state index contributed by atoms with van der Waals surface area (Å²) in [5.41, 5.74) is 0. The molecule has 1 saturated heterocycles. The van der Waals surface area contributed by atoms with Crippen molar-refractivity contribution in [1.29, 1.82) is 0 Å². The smallest absolute Gasteiger partial charge is 0.166 e. The molecule has 0 amide bonds. The Balaban J connectivity index is 2.32. The van der Waals surface area contributed by atoms with Crippen molar-refractivity contribution in [3.8, 4) is 0 Å². The van der Waals surface area contributed by atoms with Gasteiger partial charge in [0, 0.05) is 13.0 Å². The topological polar surface area (TPSA) is 35.5 Å². The maximum Gasteiger partial charge on any atom is 0.166 e. The van der Waals surface area contributed by atoms with E-state index in [1.165, 1.54) is 0 Å². The summed E-state index contributed by atoms with van der Waals surface area (Å²) in [4.78, 5) is 11.0. The second kappa shape index (κ2) is 3.68. The first-order valence-electron chi connectivity index (χ1n) is 3.56. The van der Waals surface area contributed by atoms with E-state index in [1.54, 1.807) is 0 Å². The van der Waals surface area contributed by atoms with Crippen LogP contribution in [0.1, 0.15) is 13.3 Å². The summed E-state index contributed by atoms with van der Waals surface area (Å²) in [5.74, 6) is 0.174. The Morgan fingerprint density at radius 2 is 2.60 bits per heavy atom. The summed E-state index contributed by atoms with van der Waals surface area (Å²) in [6.45, 7) is 3.46. The van der Waals surface area contributed by atoms with Crippen LogP contribution in [-0.4, -0.2) is 31.7 Å². The lowest BCUT2D eigenvalue weighted by Gasteiger charge is -2.20. The average Bonchev–Trinajstić information content (AvgIpc) is 1.94. The Morgan fingerprint density at radius 1 is 1.80 bits per heavy atom. The summed E-state index contributed by atoms with van der Waals surface area (Å²) >= 11 is 0. The third-order valence-electron chi connectivity index (χ3n) is 1.49. The molecule has 10 heavy (non-hydrogen) atoms. The molecule has 0 N–H and O–H groups in total. The number of hydrogen-bond acceptors (Lipinski definition) is 3. The van der Waals surface area contributed by atoms with Crippen molar-refractivity contribution in [2.45, 2.75) is 19.4 Å². The Bertz CT molecular complexity index is 120. The fourth-order valence-electron chi connectivity index (χ4n) is 0.959. The van der Waals surface area contributed by atoms with Gasteiger partial charge in [-0.15, -0.1) is 0 Å². The molecule has 58 valence electrons. The minimum atomic E-state index is -0.293. The molecule has 1 aliphatic rings. The maximum atomic E-state index is 11.0. The zero-order valence-electron chi connectivity index (χ0n) is 6.13. The molecular weight excluding hydrogens is 132 g/mol. The number of ketones is 1. The normalized spacial score (nSPS) is 26.9. The van der Waals surface area contributed by atoms with Gasteiger partial charge in [0.15, 0.2) is 5.78 Å². The molecule has 1 fully saturated rings. The molecule has 0 saturated carbocycles. The van der Waals surface area contributed by atoms with E-state index in [1.807, 2.05) is 6.92 Å². The van der Waals surface area contributed by atoms with E-state index >= 15 is 0 Å². The standard InChI is InChI=1S/C7H12O3/c1-2-10-7-5-9-4-3-6(7)8/h7H,2-5H2,1H3/t7-/m1/s1. The van der Waals surface area contributed by atoms with E-state index in [0.29, 0.717) is 26.2 Å². The molecule has 0 aliphatic carbocycles. The number of rotatable bonds is 2. The van der Waals surface area contributed by atoms with Crippen molar-refractivity contribution in [2.24, 2.45) is 0 Å². The number of ether oxygens (including phenoxy) is 2.